The van der Waals surface area contributed by atoms with E-state index in [4.69, 9.17) is 0 Å². The van der Waals surface area contributed by atoms with Crippen molar-refractivity contribution in [3.63, 3.8) is 0 Å². The average Bonchev–Trinajstić information content (AvgIpc) is 2.79. The van der Waals surface area contributed by atoms with Crippen molar-refractivity contribution in [2.24, 2.45) is 0 Å². The molecule has 0 spiro atoms. The second-order valence-electron chi connectivity index (χ2n) is 6.88. The Hall–Kier alpha value is -4.16. The van der Waals surface area contributed by atoms with Crippen LogP contribution in [0.1, 0.15) is 43.0 Å². The quantitative estimate of drug-likeness (QED) is 0.223. The molecular weight excluding hydrogens is 456 g/mol. The van der Waals surface area contributed by atoms with Gasteiger partial charge in [-0.05, 0) is 51.0 Å². The normalized spacial score (nSPS) is 10.1. The van der Waals surface area contributed by atoms with Crippen LogP contribution in [0.4, 0.5) is 9.59 Å². The fourth-order valence-electron chi connectivity index (χ4n) is 2.45. The third-order valence-electron chi connectivity index (χ3n) is 4.17. The van der Waals surface area contributed by atoms with Crippen molar-refractivity contribution in [3.05, 3.63) is 69.8 Å². The Bertz CT molecular complexity index is 963. The van der Waals surface area contributed by atoms with Gasteiger partial charge in [0.15, 0.2) is 0 Å². The first kappa shape index (κ1) is 26.1. The zero-order valence-corrected chi connectivity index (χ0v) is 18.8. The molecule has 0 bridgehead atoms. The van der Waals surface area contributed by atoms with Crippen LogP contribution in [0.15, 0.2) is 36.4 Å². The summed E-state index contributed by atoms with van der Waals surface area (Å²) in [4.78, 5) is 63.4. The van der Waals surface area contributed by atoms with Crippen LogP contribution in [0.3, 0.4) is 0 Å². The van der Waals surface area contributed by atoms with Crippen LogP contribution in [-0.4, -0.2) is 37.5 Å². The predicted octanol–water partition coefficient (Wildman–Crippen LogP) is 3.93. The van der Waals surface area contributed by atoms with E-state index < -0.39 is 37.5 Å². The fourth-order valence-corrected chi connectivity index (χ4v) is 2.45. The summed E-state index contributed by atoms with van der Waals surface area (Å²) in [5.74, 6) is -1.75. The predicted molar refractivity (Wildman–Crippen MR) is 110 cm³/mol. The van der Waals surface area contributed by atoms with Gasteiger partial charge in [-0.25, -0.2) is 29.0 Å². The molecule has 0 fully saturated rings. The van der Waals surface area contributed by atoms with E-state index in [1.165, 1.54) is 0 Å². The van der Waals surface area contributed by atoms with Crippen molar-refractivity contribution in [3.8, 4) is 0 Å². The summed E-state index contributed by atoms with van der Waals surface area (Å²) in [6.45, 7) is 6.02. The molecule has 34 heavy (non-hydrogen) atoms. The number of hydrogen-bond donors (Lipinski definition) is 0. The maximum absolute atomic E-state index is 11.9. The van der Waals surface area contributed by atoms with Crippen LogP contribution in [0.5, 0.6) is 0 Å². The molecule has 0 N–H and O–H groups in total. The number of aryl methyl sites for hydroxylation is 4. The first-order valence-electron chi connectivity index (χ1n) is 9.76. The largest absolute Gasteiger partial charge is 0.543 e. The summed E-state index contributed by atoms with van der Waals surface area (Å²) < 4.78 is 9.02. The van der Waals surface area contributed by atoms with Gasteiger partial charge < -0.3 is 9.47 Å². The van der Waals surface area contributed by atoms with E-state index in [1.807, 2.05) is 12.1 Å². The van der Waals surface area contributed by atoms with Gasteiger partial charge in [0.2, 0.25) is 0 Å². The van der Waals surface area contributed by atoms with Gasteiger partial charge in [0.1, 0.15) is 13.2 Å². The Morgan fingerprint density at radius 1 is 0.588 bits per heavy atom. The van der Waals surface area contributed by atoms with E-state index in [0.29, 0.717) is 11.1 Å². The molecule has 12 nitrogen and oxygen atoms in total. The summed E-state index contributed by atoms with van der Waals surface area (Å²) in [5.41, 5.74) is 3.36. The molecule has 0 saturated heterocycles. The maximum atomic E-state index is 11.9. The monoisotopic (exact) mass is 478 g/mol. The van der Waals surface area contributed by atoms with Crippen LogP contribution in [0.2, 0.25) is 0 Å². The van der Waals surface area contributed by atoms with Crippen LogP contribution in [0, 0.1) is 27.7 Å². The minimum atomic E-state index is -1.37. The van der Waals surface area contributed by atoms with Crippen molar-refractivity contribution in [2.45, 2.75) is 27.7 Å². The molecule has 2 aromatic rings. The lowest BCUT2D eigenvalue weighted by molar-refractivity contribution is -0.453. The smallest absolute Gasteiger partial charge is 0.429 e. The van der Waals surface area contributed by atoms with E-state index in [-0.39, 0.29) is 11.1 Å². The lowest BCUT2D eigenvalue weighted by atomic mass is 10.1. The molecule has 12 heteroatoms. The van der Waals surface area contributed by atoms with E-state index in [2.05, 4.69) is 39.1 Å². The molecule has 0 unspecified atom stereocenters. The van der Waals surface area contributed by atoms with Gasteiger partial charge in [-0.15, -0.1) is 0 Å². The van der Waals surface area contributed by atoms with Crippen molar-refractivity contribution in [1.82, 2.24) is 0 Å². The summed E-state index contributed by atoms with van der Waals surface area (Å²) in [7, 11) is 0. The Balaban J connectivity index is 1.56. The second kappa shape index (κ2) is 12.8. The molecule has 0 aliphatic heterocycles. The second-order valence-corrected chi connectivity index (χ2v) is 6.88. The molecule has 0 atom stereocenters. The van der Waals surface area contributed by atoms with Crippen LogP contribution in [-0.2, 0) is 39.1 Å². The number of carbonyl (C=O) groups excluding carboxylic acids is 4. The molecule has 0 amide bonds. The Morgan fingerprint density at radius 3 is 1.35 bits per heavy atom. The van der Waals surface area contributed by atoms with Gasteiger partial charge in [0.25, 0.3) is 0 Å². The number of ether oxygens (including phenoxy) is 2. The van der Waals surface area contributed by atoms with Gasteiger partial charge in [0, 0.05) is 0 Å². The molecule has 0 aliphatic carbocycles. The third kappa shape index (κ3) is 8.41. The highest BCUT2D eigenvalue weighted by Gasteiger charge is 2.16. The van der Waals surface area contributed by atoms with Crippen molar-refractivity contribution >= 4 is 24.2 Å². The van der Waals surface area contributed by atoms with Crippen LogP contribution >= 0.6 is 0 Å². The van der Waals surface area contributed by atoms with E-state index in [9.17, 15) is 19.2 Å². The van der Waals surface area contributed by atoms with E-state index in [0.717, 1.165) is 11.1 Å². The number of hydrogen-bond acceptors (Lipinski definition) is 12. The molecule has 0 aliphatic rings. The Kier molecular flexibility index (Phi) is 9.80. The highest BCUT2D eigenvalue weighted by atomic mass is 17.5. The summed E-state index contributed by atoms with van der Waals surface area (Å²) in [5, 5.41) is 8.17. The zero-order chi connectivity index (χ0) is 25.1. The summed E-state index contributed by atoms with van der Waals surface area (Å²) >= 11 is 0. The van der Waals surface area contributed by atoms with Gasteiger partial charge in [-0.2, -0.15) is 0 Å². The fraction of sp³-hybridized carbons (Fsp3) is 0.273. The van der Waals surface area contributed by atoms with E-state index in [1.54, 1.807) is 52.0 Å². The minimum absolute atomic E-state index is 0.228. The third-order valence-corrected chi connectivity index (χ3v) is 4.17. The van der Waals surface area contributed by atoms with Gasteiger partial charge in [-0.3, -0.25) is 9.78 Å². The molecule has 0 radical (unpaired) electrons. The van der Waals surface area contributed by atoms with Gasteiger partial charge >= 0.3 is 24.2 Å². The van der Waals surface area contributed by atoms with Gasteiger partial charge in [0.05, 0.1) is 21.2 Å². The molecule has 0 heterocycles. The first-order chi connectivity index (χ1) is 16.2. The molecule has 2 rings (SSSR count). The Labute approximate surface area is 193 Å². The number of carbonyl (C=O) groups is 4. The van der Waals surface area contributed by atoms with Crippen LogP contribution < -0.4 is 0 Å². The highest BCUT2D eigenvalue weighted by Crippen LogP contribution is 2.13. The average molecular weight is 478 g/mol. The summed E-state index contributed by atoms with van der Waals surface area (Å²) in [6.07, 6.45) is -2.74. The standard InChI is InChI=1S/C22H22O12/c1-13-5-7-15(3)17(11-13)19(23)29-33-31-21(25)27-9-10-28-22(26)32-34-30-20(24)18-12-14(2)6-8-16(18)4/h5-8,11-12H,9-10H2,1-4H3. The van der Waals surface area contributed by atoms with Crippen molar-refractivity contribution in [1.29, 1.82) is 0 Å². The SMILES string of the molecule is Cc1ccc(C)c(C(=O)OOOC(=O)OCCOC(=O)OOOC(=O)c2cc(C)ccc2C)c1. The summed E-state index contributed by atoms with van der Waals surface area (Å²) in [6, 6.07) is 10.2. The maximum Gasteiger partial charge on any atom is 0.543 e. The topological polar surface area (TPSA) is 142 Å². The molecule has 0 aromatic heterocycles. The highest BCUT2D eigenvalue weighted by molar-refractivity contribution is 5.91. The van der Waals surface area contributed by atoms with Crippen LogP contribution in [0.25, 0.3) is 0 Å². The number of rotatable bonds is 9. The van der Waals surface area contributed by atoms with Crippen molar-refractivity contribution < 1.29 is 58.3 Å². The van der Waals surface area contributed by atoms with Gasteiger partial charge in [-0.1, -0.05) is 35.4 Å². The zero-order valence-electron chi connectivity index (χ0n) is 18.8. The molecule has 182 valence electrons. The van der Waals surface area contributed by atoms with Crippen molar-refractivity contribution in [2.75, 3.05) is 13.2 Å². The molecule has 0 saturated carbocycles. The molecular formula is C22H22O12. The lowest BCUT2D eigenvalue weighted by Crippen LogP contribution is -2.17. The lowest BCUT2D eigenvalue weighted by Gasteiger charge is -2.07. The Morgan fingerprint density at radius 2 is 0.971 bits per heavy atom. The number of benzene rings is 2. The first-order valence-corrected chi connectivity index (χ1v) is 9.76. The van der Waals surface area contributed by atoms with E-state index >= 15 is 0 Å². The molecule has 2 aromatic carbocycles. The minimum Gasteiger partial charge on any atom is -0.429 e.